The fraction of sp³-hybridized carbons (Fsp3) is 0.579. The normalized spacial score (nSPS) is 18.5. The van der Waals surface area contributed by atoms with Crippen molar-refractivity contribution >= 4 is 17.7 Å². The summed E-state index contributed by atoms with van der Waals surface area (Å²) in [6.45, 7) is 1.81. The van der Waals surface area contributed by atoms with Crippen molar-refractivity contribution < 1.29 is 14.4 Å². The average molecular weight is 358 g/mol. The first-order valence-electron chi connectivity index (χ1n) is 9.41. The molecule has 0 spiro atoms. The highest BCUT2D eigenvalue weighted by atomic mass is 16.2. The number of piperidine rings is 1. The van der Waals surface area contributed by atoms with Crippen molar-refractivity contribution in [2.75, 3.05) is 19.6 Å². The summed E-state index contributed by atoms with van der Waals surface area (Å²) in [7, 11) is 0. The molecule has 3 amide bonds. The SMILES string of the molecule is O=C(NCC1CCN(C(=O)c2ccncc2)CC1)C(=O)NC1CCCC1. The molecule has 1 saturated heterocycles. The van der Waals surface area contributed by atoms with Gasteiger partial charge in [0, 0.05) is 43.6 Å². The largest absolute Gasteiger partial charge is 0.348 e. The fourth-order valence-corrected chi connectivity index (χ4v) is 3.66. The summed E-state index contributed by atoms with van der Waals surface area (Å²) in [4.78, 5) is 42.0. The third-order valence-electron chi connectivity index (χ3n) is 5.28. The monoisotopic (exact) mass is 358 g/mol. The van der Waals surface area contributed by atoms with Crippen molar-refractivity contribution in [3.8, 4) is 0 Å². The van der Waals surface area contributed by atoms with Gasteiger partial charge in [-0.2, -0.15) is 0 Å². The summed E-state index contributed by atoms with van der Waals surface area (Å²) in [6, 6.07) is 3.59. The maximum Gasteiger partial charge on any atom is 0.309 e. The second-order valence-electron chi connectivity index (χ2n) is 7.14. The lowest BCUT2D eigenvalue weighted by Gasteiger charge is -2.32. The lowest BCUT2D eigenvalue weighted by atomic mass is 9.96. The van der Waals surface area contributed by atoms with E-state index in [9.17, 15) is 14.4 Å². The van der Waals surface area contributed by atoms with Crippen LogP contribution in [-0.4, -0.2) is 53.3 Å². The van der Waals surface area contributed by atoms with Gasteiger partial charge < -0.3 is 15.5 Å². The van der Waals surface area contributed by atoms with Crippen LogP contribution in [0.1, 0.15) is 48.9 Å². The zero-order valence-corrected chi connectivity index (χ0v) is 14.9. The van der Waals surface area contributed by atoms with Gasteiger partial charge in [-0.15, -0.1) is 0 Å². The van der Waals surface area contributed by atoms with Gasteiger partial charge in [0.1, 0.15) is 0 Å². The number of nitrogens with one attached hydrogen (secondary N) is 2. The van der Waals surface area contributed by atoms with Crippen molar-refractivity contribution in [1.82, 2.24) is 20.5 Å². The van der Waals surface area contributed by atoms with Gasteiger partial charge in [-0.1, -0.05) is 12.8 Å². The molecule has 2 N–H and O–H groups in total. The van der Waals surface area contributed by atoms with E-state index in [0.29, 0.717) is 31.1 Å². The first kappa shape index (κ1) is 18.4. The maximum absolute atomic E-state index is 12.4. The smallest absolute Gasteiger partial charge is 0.309 e. The minimum atomic E-state index is -0.549. The molecule has 1 saturated carbocycles. The van der Waals surface area contributed by atoms with Crippen LogP contribution in [0.15, 0.2) is 24.5 Å². The molecule has 0 unspecified atom stereocenters. The van der Waals surface area contributed by atoms with Gasteiger partial charge >= 0.3 is 11.8 Å². The summed E-state index contributed by atoms with van der Waals surface area (Å²) >= 11 is 0. The molecule has 7 nitrogen and oxygen atoms in total. The Kier molecular flexibility index (Phi) is 6.20. The highest BCUT2D eigenvalue weighted by molar-refractivity contribution is 6.35. The third-order valence-corrected chi connectivity index (χ3v) is 5.28. The Bertz CT molecular complexity index is 635. The van der Waals surface area contributed by atoms with Crippen LogP contribution in [0, 0.1) is 5.92 Å². The molecular formula is C19H26N4O3. The number of hydrogen-bond donors (Lipinski definition) is 2. The van der Waals surface area contributed by atoms with Gasteiger partial charge in [0.2, 0.25) is 0 Å². The molecule has 2 heterocycles. The second kappa shape index (κ2) is 8.78. The van der Waals surface area contributed by atoms with Crippen LogP contribution in [0.25, 0.3) is 0 Å². The molecule has 0 aromatic carbocycles. The number of amides is 3. The van der Waals surface area contributed by atoms with Gasteiger partial charge in [-0.3, -0.25) is 19.4 Å². The van der Waals surface area contributed by atoms with Crippen LogP contribution in [0.3, 0.4) is 0 Å². The summed E-state index contributed by atoms with van der Waals surface area (Å²) in [5, 5.41) is 5.54. The topological polar surface area (TPSA) is 91.4 Å². The number of rotatable bonds is 4. The van der Waals surface area contributed by atoms with Gasteiger partial charge in [0.15, 0.2) is 0 Å². The summed E-state index contributed by atoms with van der Waals surface area (Å²) in [5.41, 5.74) is 0.648. The van der Waals surface area contributed by atoms with Crippen molar-refractivity contribution in [1.29, 1.82) is 0 Å². The maximum atomic E-state index is 12.4. The van der Waals surface area contributed by atoms with Crippen LogP contribution < -0.4 is 10.6 Å². The van der Waals surface area contributed by atoms with Crippen molar-refractivity contribution in [3.63, 3.8) is 0 Å². The van der Waals surface area contributed by atoms with Crippen LogP contribution >= 0.6 is 0 Å². The minimum Gasteiger partial charge on any atom is -0.348 e. The van der Waals surface area contributed by atoms with E-state index in [0.717, 1.165) is 38.5 Å². The molecular weight excluding hydrogens is 332 g/mol. The van der Waals surface area contributed by atoms with E-state index in [1.165, 1.54) is 0 Å². The van der Waals surface area contributed by atoms with E-state index < -0.39 is 11.8 Å². The molecule has 7 heteroatoms. The molecule has 2 fully saturated rings. The van der Waals surface area contributed by atoms with E-state index in [4.69, 9.17) is 0 Å². The van der Waals surface area contributed by atoms with Gasteiger partial charge in [0.25, 0.3) is 5.91 Å². The number of hydrogen-bond acceptors (Lipinski definition) is 4. The number of carbonyl (C=O) groups excluding carboxylic acids is 3. The van der Waals surface area contributed by atoms with Gasteiger partial charge in [-0.05, 0) is 43.7 Å². The Morgan fingerprint density at radius 2 is 1.65 bits per heavy atom. The number of aromatic nitrogens is 1. The third kappa shape index (κ3) is 4.80. The van der Waals surface area contributed by atoms with E-state index in [-0.39, 0.29) is 11.9 Å². The molecule has 1 aliphatic heterocycles. The summed E-state index contributed by atoms with van der Waals surface area (Å²) < 4.78 is 0. The van der Waals surface area contributed by atoms with Gasteiger partial charge in [-0.25, -0.2) is 0 Å². The molecule has 1 aromatic rings. The van der Waals surface area contributed by atoms with Crippen LogP contribution in [0.4, 0.5) is 0 Å². The first-order valence-corrected chi connectivity index (χ1v) is 9.41. The van der Waals surface area contributed by atoms with Gasteiger partial charge in [0.05, 0.1) is 0 Å². The molecule has 1 aliphatic carbocycles. The Hall–Kier alpha value is -2.44. The standard InChI is InChI=1S/C19H26N4O3/c24-17(18(25)22-16-3-1-2-4-16)21-13-14-7-11-23(12-8-14)19(26)15-5-9-20-10-6-15/h5-6,9-10,14,16H,1-4,7-8,11-13H2,(H,21,24)(H,22,25). The molecule has 3 rings (SSSR count). The molecule has 2 aliphatic rings. The van der Waals surface area contributed by atoms with Crippen LogP contribution in [0.2, 0.25) is 0 Å². The van der Waals surface area contributed by atoms with Crippen molar-refractivity contribution in [2.24, 2.45) is 5.92 Å². The highest BCUT2D eigenvalue weighted by Crippen LogP contribution is 2.19. The Balaban J connectivity index is 1.38. The molecule has 140 valence electrons. The predicted octanol–water partition coefficient (Wildman–Crippen LogP) is 1.11. The Morgan fingerprint density at radius 3 is 2.31 bits per heavy atom. The van der Waals surface area contributed by atoms with Crippen LogP contribution in [0.5, 0.6) is 0 Å². The lowest BCUT2D eigenvalue weighted by molar-refractivity contribution is -0.139. The van der Waals surface area contributed by atoms with Crippen molar-refractivity contribution in [3.05, 3.63) is 30.1 Å². The first-order chi connectivity index (χ1) is 12.6. The number of carbonyl (C=O) groups is 3. The van der Waals surface area contributed by atoms with E-state index in [1.807, 2.05) is 4.90 Å². The number of pyridine rings is 1. The van der Waals surface area contributed by atoms with Crippen molar-refractivity contribution in [2.45, 2.75) is 44.6 Å². The summed E-state index contributed by atoms with van der Waals surface area (Å²) in [5.74, 6) is -0.764. The fourth-order valence-electron chi connectivity index (χ4n) is 3.66. The zero-order valence-electron chi connectivity index (χ0n) is 14.9. The highest BCUT2D eigenvalue weighted by Gasteiger charge is 2.25. The molecule has 0 bridgehead atoms. The number of nitrogens with zero attached hydrogens (tertiary/aromatic N) is 2. The van der Waals surface area contributed by atoms with E-state index >= 15 is 0 Å². The minimum absolute atomic E-state index is 0.0193. The number of likely N-dealkylation sites (tertiary alicyclic amines) is 1. The zero-order chi connectivity index (χ0) is 18.4. The molecule has 26 heavy (non-hydrogen) atoms. The van der Waals surface area contributed by atoms with E-state index in [2.05, 4.69) is 15.6 Å². The quantitative estimate of drug-likeness (QED) is 0.789. The average Bonchev–Trinajstić information content (AvgIpc) is 3.19. The predicted molar refractivity (Wildman–Crippen MR) is 96.3 cm³/mol. The molecule has 0 atom stereocenters. The molecule has 1 aromatic heterocycles. The second-order valence-corrected chi connectivity index (χ2v) is 7.14. The summed E-state index contributed by atoms with van der Waals surface area (Å²) in [6.07, 6.45) is 9.03. The lowest BCUT2D eigenvalue weighted by Crippen LogP contribution is -2.46. The molecule has 0 radical (unpaired) electrons. The Labute approximate surface area is 153 Å². The van der Waals surface area contributed by atoms with E-state index in [1.54, 1.807) is 24.5 Å². The van der Waals surface area contributed by atoms with Crippen LogP contribution in [-0.2, 0) is 9.59 Å². The Morgan fingerprint density at radius 1 is 1.00 bits per heavy atom.